The van der Waals surface area contributed by atoms with Crippen molar-refractivity contribution in [2.45, 2.75) is 0 Å². The van der Waals surface area contributed by atoms with Crippen LogP contribution in [0.3, 0.4) is 0 Å². The van der Waals surface area contributed by atoms with E-state index in [1.54, 1.807) is 0 Å². The minimum Gasteiger partial charge on any atom is -0.307 e. The normalized spacial score (nSPS) is 11.5. The van der Waals surface area contributed by atoms with Gasteiger partial charge in [-0.1, -0.05) is 473 Å². The van der Waals surface area contributed by atoms with Crippen LogP contribution < -0.4 is 0 Å². The Kier molecular flexibility index (Phi) is 22.1. The Morgan fingerprint density at radius 3 is 0.669 bits per heavy atom. The predicted molar refractivity (Wildman–Crippen MR) is 613 cm³/mol. The van der Waals surface area contributed by atoms with Gasteiger partial charge in [-0.2, -0.15) is 19.9 Å². The zero-order valence-corrected chi connectivity index (χ0v) is 80.4. The summed E-state index contributed by atoms with van der Waals surface area (Å²) in [4.78, 5) is 32.2. The molecule has 28 rings (SSSR count). The van der Waals surface area contributed by atoms with Crippen molar-refractivity contribution in [1.82, 2.24) is 48.2 Å². The largest absolute Gasteiger partial charge is 0.307 e. The molecule has 0 radical (unpaired) electrons. The first-order valence-corrected chi connectivity index (χ1v) is 50.2. The van der Waals surface area contributed by atoms with Crippen molar-refractivity contribution >= 4 is 87.2 Å². The summed E-state index contributed by atoms with van der Waals surface area (Å²) in [6, 6.07) is 195. The number of fused-ring (bicyclic) bond motifs is 14. The van der Waals surface area contributed by atoms with E-state index in [1.807, 2.05) is 48.5 Å². The smallest absolute Gasteiger partial charge is 0.238 e. The van der Waals surface area contributed by atoms with Gasteiger partial charge in [-0.3, -0.25) is 9.13 Å². The lowest BCUT2D eigenvalue weighted by molar-refractivity contribution is 0.953. The average molecular weight is 1890 g/mol. The Morgan fingerprint density at radius 2 is 0.318 bits per heavy atom. The third-order valence-corrected chi connectivity index (χ3v) is 28.8. The topological polar surface area (TPSA) is 97.1 Å². The fraction of sp³-hybridized carbons (Fsp3) is 0. The maximum atomic E-state index is 5.48. The maximum absolute atomic E-state index is 5.48. The monoisotopic (exact) mass is 1890 g/mol. The van der Waals surface area contributed by atoms with Gasteiger partial charge in [0.2, 0.25) is 11.9 Å². The van der Waals surface area contributed by atoms with Gasteiger partial charge in [0.15, 0.2) is 23.3 Å². The van der Waals surface area contributed by atoms with E-state index in [4.69, 9.17) is 29.9 Å². The summed E-state index contributed by atoms with van der Waals surface area (Å²) in [5, 5.41) is 9.02. The van der Waals surface area contributed by atoms with Gasteiger partial charge in [0.25, 0.3) is 0 Å². The van der Waals surface area contributed by atoms with Crippen LogP contribution in [-0.4, -0.2) is 48.2 Å². The van der Waals surface area contributed by atoms with Gasteiger partial charge in [-0.25, -0.2) is 9.97 Å². The van der Waals surface area contributed by atoms with Crippen LogP contribution in [0.1, 0.15) is 0 Å². The van der Waals surface area contributed by atoms with E-state index >= 15 is 0 Å². The van der Waals surface area contributed by atoms with Crippen LogP contribution in [0.5, 0.6) is 0 Å². The highest BCUT2D eigenvalue weighted by Crippen LogP contribution is 2.49. The number of benzene rings is 22. The van der Waals surface area contributed by atoms with Gasteiger partial charge in [0.1, 0.15) is 0 Å². The first-order valence-electron chi connectivity index (χ1n) is 50.2. The highest BCUT2D eigenvalue weighted by molar-refractivity contribution is 6.26. The van der Waals surface area contributed by atoms with E-state index in [0.29, 0.717) is 35.2 Å². The first-order chi connectivity index (χ1) is 73.4. The van der Waals surface area contributed by atoms with Crippen molar-refractivity contribution in [2.75, 3.05) is 0 Å². The molecule has 6 heterocycles. The molecule has 28 aromatic rings. The molecule has 0 bridgehead atoms. The molecule has 0 spiro atoms. The molecular weight excluding hydrogens is 1800 g/mol. The van der Waals surface area contributed by atoms with Gasteiger partial charge in [-0.15, -0.1) is 0 Å². The molecule has 0 amide bonds. The molecule has 6 aromatic heterocycles. The van der Waals surface area contributed by atoms with Crippen LogP contribution in [0.4, 0.5) is 0 Å². The van der Waals surface area contributed by atoms with Crippen LogP contribution in [0, 0.1) is 0 Å². The lowest BCUT2D eigenvalue weighted by atomic mass is 9.91. The summed E-state index contributed by atoms with van der Waals surface area (Å²) in [7, 11) is 0. The third kappa shape index (κ3) is 16.0. The number of rotatable bonds is 18. The lowest BCUT2D eigenvalue weighted by Gasteiger charge is -2.17. The summed E-state index contributed by atoms with van der Waals surface area (Å²) in [6.07, 6.45) is 0. The van der Waals surface area contributed by atoms with E-state index < -0.39 is 0 Å². The summed E-state index contributed by atoms with van der Waals surface area (Å²) in [6.45, 7) is 0. The second-order valence-corrected chi connectivity index (χ2v) is 37.6. The van der Waals surface area contributed by atoms with Gasteiger partial charge in [-0.05, 0) is 184 Å². The van der Waals surface area contributed by atoms with Crippen LogP contribution in [0.25, 0.3) is 267 Å². The Labute approximate surface area is 855 Å². The molecule has 0 fully saturated rings. The zero-order chi connectivity index (χ0) is 97.9. The fourth-order valence-electron chi connectivity index (χ4n) is 21.7. The van der Waals surface area contributed by atoms with Gasteiger partial charge < -0.3 is 9.13 Å². The molecule has 0 saturated carbocycles. The van der Waals surface area contributed by atoms with Crippen molar-refractivity contribution < 1.29 is 0 Å². The van der Waals surface area contributed by atoms with Crippen LogP contribution in [0.2, 0.25) is 0 Å². The predicted octanol–water partition coefficient (Wildman–Crippen LogP) is 35.5. The zero-order valence-electron chi connectivity index (χ0n) is 80.4. The number of aromatic nitrogens is 10. The van der Waals surface area contributed by atoms with Gasteiger partial charge in [0.05, 0.1) is 44.1 Å². The Morgan fingerprint density at radius 1 is 0.115 bits per heavy atom. The molecule has 0 atom stereocenters. The molecule has 148 heavy (non-hydrogen) atoms. The molecule has 0 aliphatic heterocycles. The second kappa shape index (κ2) is 37.5. The highest BCUT2D eigenvalue weighted by Gasteiger charge is 2.29. The van der Waals surface area contributed by atoms with Crippen LogP contribution in [-0.2, 0) is 0 Å². The van der Waals surface area contributed by atoms with E-state index in [2.05, 4.69) is 516 Å². The Bertz CT molecular complexity index is 9900. The van der Waals surface area contributed by atoms with E-state index in [1.165, 1.54) is 44.5 Å². The quantitative estimate of drug-likeness (QED) is 0.0849. The van der Waals surface area contributed by atoms with Crippen LogP contribution >= 0.6 is 0 Å². The summed E-state index contributed by atoms with van der Waals surface area (Å²) < 4.78 is 9.49. The number of hydrogen-bond donors (Lipinski definition) is 0. The van der Waals surface area contributed by atoms with E-state index in [-0.39, 0.29) is 0 Å². The van der Waals surface area contributed by atoms with Crippen molar-refractivity contribution in [3.63, 3.8) is 0 Å². The summed E-state index contributed by atoms with van der Waals surface area (Å²) >= 11 is 0. The van der Waals surface area contributed by atoms with Crippen molar-refractivity contribution in [3.8, 4) is 180 Å². The standard InChI is InChI=1S/2C69H45N5/c1-5-18-46(19-6-1)49-32-34-51(35-33-49)56-43-57(55-27-17-26-54(42-55)48-22-9-3-10-23-48)45-58(44-56)73-63-30-15-13-28-59(63)61-40-41-62-60-29-14-16-31-64(60)74(66(62)65(61)73)69-71-67(52-24-11-4-12-25-52)70-68(72-69)53-38-36-50(37-39-53)47-20-7-2-8-21-47;1-5-20-46(21-6-1)48-36-38-49(39-37-48)54-43-55(58-31-14-13-30-57(58)50-24-9-3-10-25-50)45-56(44-54)73-63-34-17-15-32-59(63)61-40-41-62-60-33-16-18-35-64(60)74(66(62)65(61)73)69-71-67(51-26-11-4-12-27-51)70-68(72-69)53-29-19-28-52(42-53)47-22-7-2-8-23-47/h2*1-45H. The molecule has 0 unspecified atom stereocenters. The van der Waals surface area contributed by atoms with Crippen molar-refractivity contribution in [3.05, 3.63) is 546 Å². The third-order valence-electron chi connectivity index (χ3n) is 28.8. The average Bonchev–Trinajstić information content (AvgIpc) is 1.54. The number of para-hydroxylation sites is 4. The molecule has 10 heteroatoms. The Balaban J connectivity index is 0.000000146. The SMILES string of the molecule is c1ccc(-c2ccc(-c3cc(-c4cccc(-c5ccccc5)c4)cc(-n4c5ccccc5c5ccc6c7ccccc7n(-c7nc(-c8ccccc8)nc(-c8ccc(-c9ccccc9)cc8)n7)c6c54)c3)cc2)cc1.c1ccc(-c2ccc(-c3cc(-c4ccccc4-c4ccccc4)cc(-n4c5ccccc5c5ccc6c7ccccc7n(-c7nc(-c8ccccc8)nc(-c8cccc(-c9ccccc9)c8)n7)c6c54)c3)cc2)cc1. The minimum absolute atomic E-state index is 0.541. The first kappa shape index (κ1) is 87.1. The molecule has 0 saturated heterocycles. The molecule has 0 aliphatic carbocycles. The Hall–Kier alpha value is -19.9. The highest BCUT2D eigenvalue weighted by atomic mass is 15.2. The number of nitrogens with zero attached hydrogens (tertiary/aromatic N) is 10. The minimum atomic E-state index is 0.541. The van der Waals surface area contributed by atoms with Crippen molar-refractivity contribution in [1.29, 1.82) is 0 Å². The lowest BCUT2D eigenvalue weighted by Crippen LogP contribution is -2.07. The molecule has 22 aromatic carbocycles. The summed E-state index contributed by atoms with van der Waals surface area (Å²) in [5.74, 6) is 3.48. The number of hydrogen-bond acceptors (Lipinski definition) is 6. The molecular formula is C138H90N10. The van der Waals surface area contributed by atoms with Gasteiger partial charge in [0, 0.05) is 76.7 Å². The van der Waals surface area contributed by atoms with E-state index in [0.717, 1.165) is 188 Å². The van der Waals surface area contributed by atoms with Crippen molar-refractivity contribution in [2.24, 2.45) is 0 Å². The fourth-order valence-corrected chi connectivity index (χ4v) is 21.7. The maximum Gasteiger partial charge on any atom is 0.238 e. The molecule has 10 nitrogen and oxygen atoms in total. The molecule has 0 N–H and O–H groups in total. The van der Waals surface area contributed by atoms with Crippen LogP contribution in [0.15, 0.2) is 546 Å². The molecule has 0 aliphatic rings. The summed E-state index contributed by atoms with van der Waals surface area (Å²) in [5.41, 5.74) is 37.1. The van der Waals surface area contributed by atoms with Gasteiger partial charge >= 0.3 is 0 Å². The second-order valence-electron chi connectivity index (χ2n) is 37.6. The molecule has 692 valence electrons. The van der Waals surface area contributed by atoms with E-state index in [9.17, 15) is 0 Å².